The molecule has 0 N–H and O–H groups in total. The fourth-order valence-electron chi connectivity index (χ4n) is 1.74. The molecule has 0 saturated carbocycles. The van der Waals surface area contributed by atoms with Crippen molar-refractivity contribution in [2.75, 3.05) is 26.9 Å². The number of hydrogen-bond acceptors (Lipinski definition) is 3. The second-order valence-electron chi connectivity index (χ2n) is 3.85. The summed E-state index contributed by atoms with van der Waals surface area (Å²) in [5.74, 6) is 0.774. The van der Waals surface area contributed by atoms with E-state index >= 15 is 0 Å². The van der Waals surface area contributed by atoms with Crippen LogP contribution in [0.15, 0.2) is 22.7 Å². The predicted octanol–water partition coefficient (Wildman–Crippen LogP) is 1.82. The molecule has 0 aliphatic carbocycles. The summed E-state index contributed by atoms with van der Waals surface area (Å²) in [4.78, 5) is 13.6. The van der Waals surface area contributed by atoms with E-state index in [9.17, 15) is 4.79 Å². The number of nitrogens with zero attached hydrogens (tertiary/aromatic N) is 1. The van der Waals surface area contributed by atoms with Gasteiger partial charge in [-0.25, -0.2) is 0 Å². The molecule has 92 valence electrons. The summed E-state index contributed by atoms with van der Waals surface area (Å²) < 4.78 is 11.5. The van der Waals surface area contributed by atoms with Crippen LogP contribution in [0.4, 0.5) is 0 Å². The van der Waals surface area contributed by atoms with Crippen LogP contribution in [0.25, 0.3) is 0 Å². The van der Waals surface area contributed by atoms with Gasteiger partial charge in [-0.3, -0.25) is 4.79 Å². The van der Waals surface area contributed by atoms with Gasteiger partial charge >= 0.3 is 0 Å². The Morgan fingerprint density at radius 1 is 1.53 bits per heavy atom. The highest BCUT2D eigenvalue weighted by atomic mass is 79.9. The highest BCUT2D eigenvalue weighted by Gasteiger charge is 2.21. The highest BCUT2D eigenvalue weighted by Crippen LogP contribution is 2.26. The molecule has 4 nitrogen and oxygen atoms in total. The van der Waals surface area contributed by atoms with Gasteiger partial charge in [0.15, 0.2) is 6.61 Å². The van der Waals surface area contributed by atoms with Crippen molar-refractivity contribution in [2.24, 2.45) is 0 Å². The van der Waals surface area contributed by atoms with Gasteiger partial charge in [-0.2, -0.15) is 0 Å². The molecule has 1 aromatic rings. The van der Waals surface area contributed by atoms with Crippen LogP contribution in [0.1, 0.15) is 5.56 Å². The Kier molecular flexibility index (Phi) is 4.02. The predicted molar refractivity (Wildman–Crippen MR) is 66.9 cm³/mol. The number of carbonyl (C=O) groups is 1. The molecule has 0 unspecified atom stereocenters. The molecule has 0 saturated heterocycles. The third kappa shape index (κ3) is 2.98. The van der Waals surface area contributed by atoms with E-state index in [1.807, 2.05) is 18.2 Å². The molecule has 1 aliphatic heterocycles. The molecule has 1 aliphatic rings. The third-order valence-electron chi connectivity index (χ3n) is 2.65. The first-order chi connectivity index (χ1) is 8.20. The van der Waals surface area contributed by atoms with Crippen LogP contribution in [0.2, 0.25) is 0 Å². The number of hydrogen-bond donors (Lipinski definition) is 0. The molecule has 1 amide bonds. The van der Waals surface area contributed by atoms with Gasteiger partial charge in [0, 0.05) is 30.2 Å². The van der Waals surface area contributed by atoms with Crippen LogP contribution in [0.5, 0.6) is 5.75 Å². The van der Waals surface area contributed by atoms with E-state index in [4.69, 9.17) is 9.47 Å². The van der Waals surface area contributed by atoms with E-state index < -0.39 is 0 Å². The Labute approximate surface area is 109 Å². The van der Waals surface area contributed by atoms with Gasteiger partial charge in [0.1, 0.15) is 5.75 Å². The molecular formula is C12H14BrNO3. The second kappa shape index (κ2) is 5.51. The van der Waals surface area contributed by atoms with Gasteiger partial charge in [-0.1, -0.05) is 15.9 Å². The Balaban J connectivity index is 2.19. The lowest BCUT2D eigenvalue weighted by atomic mass is 10.2. The number of methoxy groups -OCH3 is 1. The monoisotopic (exact) mass is 299 g/mol. The van der Waals surface area contributed by atoms with E-state index in [1.54, 1.807) is 12.0 Å². The minimum absolute atomic E-state index is 0.00521. The van der Waals surface area contributed by atoms with Crippen LogP contribution < -0.4 is 4.74 Å². The number of fused-ring (bicyclic) bond motifs is 1. The van der Waals surface area contributed by atoms with Crippen LogP contribution in [-0.4, -0.2) is 37.7 Å². The maximum atomic E-state index is 11.8. The lowest BCUT2D eigenvalue weighted by Crippen LogP contribution is -2.34. The number of benzene rings is 1. The van der Waals surface area contributed by atoms with Crippen LogP contribution in [0.3, 0.4) is 0 Å². The summed E-state index contributed by atoms with van der Waals surface area (Å²) >= 11 is 3.42. The summed E-state index contributed by atoms with van der Waals surface area (Å²) in [6.45, 7) is 1.79. The van der Waals surface area contributed by atoms with Crippen molar-refractivity contribution in [3.8, 4) is 5.75 Å². The van der Waals surface area contributed by atoms with Gasteiger partial charge < -0.3 is 14.4 Å². The fraction of sp³-hybridized carbons (Fsp3) is 0.417. The van der Waals surface area contributed by atoms with Gasteiger partial charge in [0.2, 0.25) is 0 Å². The Morgan fingerprint density at radius 3 is 3.12 bits per heavy atom. The molecule has 0 aromatic heterocycles. The normalized spacial score (nSPS) is 15.2. The molecule has 1 aromatic carbocycles. The molecule has 5 heteroatoms. The lowest BCUT2D eigenvalue weighted by molar-refractivity contribution is -0.133. The van der Waals surface area contributed by atoms with E-state index in [0.29, 0.717) is 19.7 Å². The average Bonchev–Trinajstić information content (AvgIpc) is 2.46. The van der Waals surface area contributed by atoms with Crippen molar-refractivity contribution in [3.63, 3.8) is 0 Å². The van der Waals surface area contributed by atoms with E-state index in [-0.39, 0.29) is 12.5 Å². The van der Waals surface area contributed by atoms with Gasteiger partial charge in [-0.15, -0.1) is 0 Å². The standard InChI is InChI=1S/C12H14BrNO3/c1-16-5-4-14-7-9-6-10(13)2-3-11(9)17-8-12(14)15/h2-3,6H,4-5,7-8H2,1H3. The maximum Gasteiger partial charge on any atom is 0.260 e. The van der Waals surface area contributed by atoms with Gasteiger partial charge in [0.25, 0.3) is 5.91 Å². The number of amides is 1. The van der Waals surface area contributed by atoms with E-state index in [2.05, 4.69) is 15.9 Å². The first kappa shape index (κ1) is 12.4. The van der Waals surface area contributed by atoms with Crippen molar-refractivity contribution in [2.45, 2.75) is 6.54 Å². The van der Waals surface area contributed by atoms with Crippen LogP contribution in [0, 0.1) is 0 Å². The lowest BCUT2D eigenvalue weighted by Gasteiger charge is -2.19. The quantitative estimate of drug-likeness (QED) is 0.854. The van der Waals surface area contributed by atoms with Crippen molar-refractivity contribution in [1.82, 2.24) is 4.90 Å². The Hall–Kier alpha value is -1.07. The van der Waals surface area contributed by atoms with Crippen LogP contribution in [-0.2, 0) is 16.1 Å². The molecule has 2 rings (SSSR count). The number of rotatable bonds is 3. The Bertz CT molecular complexity index is 422. The number of carbonyl (C=O) groups excluding carboxylic acids is 1. The topological polar surface area (TPSA) is 38.8 Å². The van der Waals surface area contributed by atoms with Crippen molar-refractivity contribution < 1.29 is 14.3 Å². The van der Waals surface area contributed by atoms with Crippen molar-refractivity contribution in [1.29, 1.82) is 0 Å². The highest BCUT2D eigenvalue weighted by molar-refractivity contribution is 9.10. The summed E-state index contributed by atoms with van der Waals surface area (Å²) in [5, 5.41) is 0. The molecule has 0 fully saturated rings. The Morgan fingerprint density at radius 2 is 2.35 bits per heavy atom. The zero-order chi connectivity index (χ0) is 12.3. The molecule has 1 heterocycles. The average molecular weight is 300 g/mol. The summed E-state index contributed by atoms with van der Waals surface area (Å²) in [6, 6.07) is 5.77. The molecule has 0 spiro atoms. The fourth-order valence-corrected chi connectivity index (χ4v) is 2.15. The molecule has 0 atom stereocenters. The first-order valence-electron chi connectivity index (χ1n) is 5.38. The largest absolute Gasteiger partial charge is 0.483 e. The smallest absolute Gasteiger partial charge is 0.260 e. The zero-order valence-corrected chi connectivity index (χ0v) is 11.2. The molecule has 0 bridgehead atoms. The van der Waals surface area contributed by atoms with Gasteiger partial charge in [0.05, 0.1) is 6.61 Å². The molecule has 17 heavy (non-hydrogen) atoms. The third-order valence-corrected chi connectivity index (χ3v) is 3.15. The maximum absolute atomic E-state index is 11.8. The molecular weight excluding hydrogens is 286 g/mol. The van der Waals surface area contributed by atoms with E-state index in [1.165, 1.54) is 0 Å². The summed E-state index contributed by atoms with van der Waals surface area (Å²) in [5.41, 5.74) is 1.02. The van der Waals surface area contributed by atoms with Crippen molar-refractivity contribution in [3.05, 3.63) is 28.2 Å². The van der Waals surface area contributed by atoms with Crippen LogP contribution >= 0.6 is 15.9 Å². The summed E-state index contributed by atoms with van der Waals surface area (Å²) in [7, 11) is 1.63. The van der Waals surface area contributed by atoms with E-state index in [0.717, 1.165) is 15.8 Å². The molecule has 0 radical (unpaired) electrons. The minimum Gasteiger partial charge on any atom is -0.483 e. The SMILES string of the molecule is COCCN1Cc2cc(Br)ccc2OCC1=O. The number of ether oxygens (including phenoxy) is 2. The zero-order valence-electron chi connectivity index (χ0n) is 9.61. The van der Waals surface area contributed by atoms with Crippen molar-refractivity contribution >= 4 is 21.8 Å². The summed E-state index contributed by atoms with van der Waals surface area (Å²) in [6.07, 6.45) is 0. The van der Waals surface area contributed by atoms with Gasteiger partial charge in [-0.05, 0) is 18.2 Å². The first-order valence-corrected chi connectivity index (χ1v) is 6.18. The second-order valence-corrected chi connectivity index (χ2v) is 4.76. The number of halogens is 1. The minimum atomic E-state index is -0.00521.